The Labute approximate surface area is 110 Å². The summed E-state index contributed by atoms with van der Waals surface area (Å²) in [5.41, 5.74) is 0. The number of amides is 1. The normalized spacial score (nSPS) is 15.8. The molecule has 0 aromatic rings. The van der Waals surface area contributed by atoms with Crippen LogP contribution in [0.15, 0.2) is 12.2 Å². The number of nitrogens with one attached hydrogen (secondary N) is 1. The zero-order valence-corrected chi connectivity index (χ0v) is 11.4. The Morgan fingerprint density at radius 3 is 2.38 bits per heavy atom. The van der Waals surface area contributed by atoms with E-state index in [1.165, 1.54) is 0 Å². The molecule has 4 nitrogen and oxygen atoms in total. The molecule has 0 bridgehead atoms. The molecule has 6 heteroatoms. The van der Waals surface area contributed by atoms with E-state index in [9.17, 15) is 4.79 Å². The van der Waals surface area contributed by atoms with Crippen LogP contribution in [-0.4, -0.2) is 62.5 Å². The second-order valence-corrected chi connectivity index (χ2v) is 3.74. The molecule has 0 aromatic heterocycles. The number of rotatable bonds is 3. The van der Waals surface area contributed by atoms with Crippen LogP contribution in [0.25, 0.3) is 0 Å². The van der Waals surface area contributed by atoms with Gasteiger partial charge in [-0.05, 0) is 14.1 Å². The molecule has 1 fully saturated rings. The summed E-state index contributed by atoms with van der Waals surface area (Å²) >= 11 is 0. The SMILES string of the molecule is CN(C)C/C=C/C(=O)N1CCNCC1.Cl.Cl. The van der Waals surface area contributed by atoms with Gasteiger partial charge in [-0.2, -0.15) is 0 Å². The van der Waals surface area contributed by atoms with Crippen LogP contribution in [0.2, 0.25) is 0 Å². The molecule has 0 unspecified atom stereocenters. The number of likely N-dealkylation sites (N-methyl/N-ethyl adjacent to an activating group) is 1. The third-order valence-electron chi connectivity index (χ3n) is 2.16. The second-order valence-electron chi connectivity index (χ2n) is 3.74. The lowest BCUT2D eigenvalue weighted by Gasteiger charge is -2.26. The van der Waals surface area contributed by atoms with Crippen molar-refractivity contribution >= 4 is 30.7 Å². The van der Waals surface area contributed by atoms with Crippen molar-refractivity contribution in [1.29, 1.82) is 0 Å². The molecule has 1 amide bonds. The van der Waals surface area contributed by atoms with E-state index in [0.29, 0.717) is 0 Å². The fourth-order valence-electron chi connectivity index (χ4n) is 1.35. The van der Waals surface area contributed by atoms with Crippen molar-refractivity contribution in [2.75, 3.05) is 46.8 Å². The molecular formula is C10H21Cl2N3O. The van der Waals surface area contributed by atoms with E-state index in [4.69, 9.17) is 0 Å². The van der Waals surface area contributed by atoms with Crippen LogP contribution in [0.3, 0.4) is 0 Å². The zero-order chi connectivity index (χ0) is 10.4. The maximum absolute atomic E-state index is 11.6. The Kier molecular flexibility index (Phi) is 11.2. The lowest BCUT2D eigenvalue weighted by Crippen LogP contribution is -2.45. The van der Waals surface area contributed by atoms with Gasteiger partial charge in [-0.15, -0.1) is 24.8 Å². The van der Waals surface area contributed by atoms with Gasteiger partial charge in [0.1, 0.15) is 0 Å². The third kappa shape index (κ3) is 7.06. The average molecular weight is 270 g/mol. The summed E-state index contributed by atoms with van der Waals surface area (Å²) in [7, 11) is 3.97. The number of piperazine rings is 1. The highest BCUT2D eigenvalue weighted by Crippen LogP contribution is 1.94. The molecule has 1 aliphatic rings. The summed E-state index contributed by atoms with van der Waals surface area (Å²) in [6.45, 7) is 4.29. The molecule has 0 aromatic carbocycles. The largest absolute Gasteiger partial charge is 0.337 e. The number of hydrogen-bond acceptors (Lipinski definition) is 3. The van der Waals surface area contributed by atoms with E-state index < -0.39 is 0 Å². The minimum absolute atomic E-state index is 0. The third-order valence-corrected chi connectivity index (χ3v) is 2.16. The number of carbonyl (C=O) groups is 1. The average Bonchev–Trinajstić information content (AvgIpc) is 2.18. The van der Waals surface area contributed by atoms with Gasteiger partial charge in [0.15, 0.2) is 0 Å². The van der Waals surface area contributed by atoms with Gasteiger partial charge in [0, 0.05) is 38.8 Å². The van der Waals surface area contributed by atoms with Crippen molar-refractivity contribution in [3.63, 3.8) is 0 Å². The van der Waals surface area contributed by atoms with Crippen molar-refractivity contribution in [3.8, 4) is 0 Å². The summed E-state index contributed by atoms with van der Waals surface area (Å²) in [5, 5.41) is 3.22. The van der Waals surface area contributed by atoms with E-state index >= 15 is 0 Å². The first-order valence-corrected chi connectivity index (χ1v) is 5.01. The Morgan fingerprint density at radius 1 is 1.31 bits per heavy atom. The van der Waals surface area contributed by atoms with E-state index in [1.807, 2.05) is 30.0 Å². The second kappa shape index (κ2) is 9.90. The van der Waals surface area contributed by atoms with Crippen LogP contribution < -0.4 is 5.32 Å². The number of hydrogen-bond donors (Lipinski definition) is 1. The standard InChI is InChI=1S/C10H19N3O.2ClH/c1-12(2)7-3-4-10(14)13-8-5-11-6-9-13;;/h3-4,11H,5-9H2,1-2H3;2*1H/b4-3+;;. The van der Waals surface area contributed by atoms with Crippen molar-refractivity contribution in [2.24, 2.45) is 0 Å². The molecule has 1 heterocycles. The summed E-state index contributed by atoms with van der Waals surface area (Å²) in [5.74, 6) is 0.133. The van der Waals surface area contributed by atoms with Gasteiger partial charge < -0.3 is 15.1 Å². The summed E-state index contributed by atoms with van der Waals surface area (Å²) < 4.78 is 0. The molecule has 1 aliphatic heterocycles. The number of nitrogens with zero attached hydrogens (tertiary/aromatic N) is 2. The van der Waals surface area contributed by atoms with E-state index in [-0.39, 0.29) is 30.7 Å². The molecule has 16 heavy (non-hydrogen) atoms. The minimum Gasteiger partial charge on any atom is -0.337 e. The monoisotopic (exact) mass is 269 g/mol. The van der Waals surface area contributed by atoms with Crippen molar-refractivity contribution in [2.45, 2.75) is 0 Å². The quantitative estimate of drug-likeness (QED) is 0.753. The Bertz CT molecular complexity index is 216. The van der Waals surface area contributed by atoms with Gasteiger partial charge in [-0.3, -0.25) is 4.79 Å². The molecular weight excluding hydrogens is 249 g/mol. The van der Waals surface area contributed by atoms with Gasteiger partial charge in [0.25, 0.3) is 0 Å². The highest BCUT2D eigenvalue weighted by molar-refractivity contribution is 5.87. The van der Waals surface area contributed by atoms with Gasteiger partial charge in [0.2, 0.25) is 5.91 Å². The van der Waals surface area contributed by atoms with E-state index in [1.54, 1.807) is 6.08 Å². The van der Waals surface area contributed by atoms with Crippen LogP contribution in [0.1, 0.15) is 0 Å². The van der Waals surface area contributed by atoms with Gasteiger partial charge in [-0.25, -0.2) is 0 Å². The predicted octanol–water partition coefficient (Wildman–Crippen LogP) is 0.380. The maximum atomic E-state index is 11.6. The smallest absolute Gasteiger partial charge is 0.246 e. The molecule has 0 radical (unpaired) electrons. The first-order valence-electron chi connectivity index (χ1n) is 5.01. The van der Waals surface area contributed by atoms with Crippen molar-refractivity contribution in [3.05, 3.63) is 12.2 Å². The van der Waals surface area contributed by atoms with Crippen molar-refractivity contribution in [1.82, 2.24) is 15.1 Å². The topological polar surface area (TPSA) is 35.6 Å². The van der Waals surface area contributed by atoms with Gasteiger partial charge >= 0.3 is 0 Å². The fraction of sp³-hybridized carbons (Fsp3) is 0.700. The summed E-state index contributed by atoms with van der Waals surface area (Å²) in [6.07, 6.45) is 3.58. The first-order chi connectivity index (χ1) is 6.70. The first kappa shape index (κ1) is 18.1. The summed E-state index contributed by atoms with van der Waals surface area (Å²) in [6, 6.07) is 0. The molecule has 96 valence electrons. The lowest BCUT2D eigenvalue weighted by atomic mass is 10.3. The highest BCUT2D eigenvalue weighted by atomic mass is 35.5. The molecule has 0 aliphatic carbocycles. The van der Waals surface area contributed by atoms with Crippen LogP contribution in [0.5, 0.6) is 0 Å². The summed E-state index contributed by atoms with van der Waals surface area (Å²) in [4.78, 5) is 15.5. The van der Waals surface area contributed by atoms with Gasteiger partial charge in [-0.1, -0.05) is 6.08 Å². The Balaban J connectivity index is 0. The minimum atomic E-state index is 0. The predicted molar refractivity (Wildman–Crippen MR) is 71.6 cm³/mol. The molecule has 0 saturated carbocycles. The van der Waals surface area contributed by atoms with E-state index in [0.717, 1.165) is 32.7 Å². The molecule has 1 N–H and O–H groups in total. The van der Waals surface area contributed by atoms with Crippen LogP contribution in [0.4, 0.5) is 0 Å². The number of carbonyl (C=O) groups excluding carboxylic acids is 1. The van der Waals surface area contributed by atoms with Crippen molar-refractivity contribution < 1.29 is 4.79 Å². The van der Waals surface area contributed by atoms with Crippen LogP contribution in [-0.2, 0) is 4.79 Å². The highest BCUT2D eigenvalue weighted by Gasteiger charge is 2.12. The Hall–Kier alpha value is -0.290. The van der Waals surface area contributed by atoms with E-state index in [2.05, 4.69) is 5.32 Å². The molecule has 0 spiro atoms. The number of halogens is 2. The molecule has 1 rings (SSSR count). The lowest BCUT2D eigenvalue weighted by molar-refractivity contribution is -0.126. The van der Waals surface area contributed by atoms with Crippen LogP contribution >= 0.6 is 24.8 Å². The zero-order valence-electron chi connectivity index (χ0n) is 9.81. The van der Waals surface area contributed by atoms with Gasteiger partial charge in [0.05, 0.1) is 0 Å². The molecule has 0 atom stereocenters. The van der Waals surface area contributed by atoms with Crippen LogP contribution in [0, 0.1) is 0 Å². The molecule has 1 saturated heterocycles. The maximum Gasteiger partial charge on any atom is 0.246 e. The fourth-order valence-corrected chi connectivity index (χ4v) is 1.35. The Morgan fingerprint density at radius 2 is 1.88 bits per heavy atom.